The Morgan fingerprint density at radius 1 is 0.737 bits per heavy atom. The van der Waals surface area contributed by atoms with Crippen molar-refractivity contribution < 1.29 is 78.9 Å². The molecule has 19 nitrogen and oxygen atoms in total. The second kappa shape index (κ2) is 22.0. The molecule has 11 atom stereocenters. The number of ether oxygens (including phenoxy) is 5. The summed E-state index contributed by atoms with van der Waals surface area (Å²) in [4.78, 5) is 39.0. The highest BCUT2D eigenvalue weighted by molar-refractivity contribution is 5.86. The first-order chi connectivity index (χ1) is 27.2. The van der Waals surface area contributed by atoms with Crippen LogP contribution < -0.4 is 16.0 Å². The fourth-order valence-electron chi connectivity index (χ4n) is 6.47. The molecule has 0 aromatic carbocycles. The van der Waals surface area contributed by atoms with Crippen LogP contribution in [0.5, 0.6) is 0 Å². The summed E-state index contributed by atoms with van der Waals surface area (Å²) < 4.78 is 26.8. The first-order valence-electron chi connectivity index (χ1n) is 19.0. The summed E-state index contributed by atoms with van der Waals surface area (Å²) >= 11 is 0. The minimum absolute atomic E-state index is 0.0115. The van der Waals surface area contributed by atoms with Crippen molar-refractivity contribution in [1.29, 1.82) is 0 Å². The maximum absolute atomic E-state index is 13.3. The Labute approximate surface area is 330 Å². The van der Waals surface area contributed by atoms with Crippen molar-refractivity contribution in [3.05, 3.63) is 47.0 Å². The summed E-state index contributed by atoms with van der Waals surface area (Å²) in [7, 11) is 0. The normalized spacial score (nSPS) is 28.2. The smallest absolute Gasteiger partial charge is 0.407 e. The number of hydrogen-bond acceptors (Lipinski definition) is 16. The average molecular weight is 812 g/mol. The SMILES string of the molecule is Cc1ccc2c(CCOC(=O)N[C@@H](CCC(=O)NCCO[C@H]3O[C@H](CO)[C@@H](O)[C@H](O)[C@@H]3O)C(=O)NCCO[C@H]3O[C@H](CO)[C@@H](O)[C@H](O)[C@@H]3O)ccc(C(C)C)cc1-2. The van der Waals surface area contributed by atoms with Crippen molar-refractivity contribution in [2.24, 2.45) is 0 Å². The molecule has 2 saturated heterocycles. The zero-order valence-electron chi connectivity index (χ0n) is 32.2. The van der Waals surface area contributed by atoms with Gasteiger partial charge in [-0.3, -0.25) is 9.59 Å². The summed E-state index contributed by atoms with van der Waals surface area (Å²) in [5, 5.41) is 86.5. The van der Waals surface area contributed by atoms with Crippen LogP contribution in [0.25, 0.3) is 11.1 Å². The van der Waals surface area contributed by atoms with Gasteiger partial charge in [0.05, 0.1) is 33.0 Å². The number of alkyl carbamates (subject to hydrolysis) is 1. The Bertz CT molecular complexity index is 1560. The van der Waals surface area contributed by atoms with Crippen LogP contribution in [-0.2, 0) is 39.7 Å². The number of nitrogens with one attached hydrogen (secondary N) is 3. The van der Waals surface area contributed by atoms with E-state index >= 15 is 0 Å². The average Bonchev–Trinajstić information content (AvgIpc) is 3.44. The van der Waals surface area contributed by atoms with E-state index in [0.717, 1.165) is 27.8 Å². The predicted molar refractivity (Wildman–Crippen MR) is 199 cm³/mol. The quantitative estimate of drug-likeness (QED) is 0.0654. The van der Waals surface area contributed by atoms with Gasteiger partial charge in [-0.25, -0.2) is 4.79 Å². The second-order valence-corrected chi connectivity index (χ2v) is 14.4. The molecule has 19 heteroatoms. The van der Waals surface area contributed by atoms with Crippen LogP contribution >= 0.6 is 0 Å². The molecule has 11 N–H and O–H groups in total. The van der Waals surface area contributed by atoms with Gasteiger partial charge >= 0.3 is 6.09 Å². The number of aryl methyl sites for hydroxylation is 1. The highest BCUT2D eigenvalue weighted by atomic mass is 16.7. The van der Waals surface area contributed by atoms with Gasteiger partial charge in [-0.1, -0.05) is 44.2 Å². The fourth-order valence-corrected chi connectivity index (χ4v) is 6.47. The van der Waals surface area contributed by atoms with Crippen molar-refractivity contribution in [2.75, 3.05) is 46.1 Å². The Morgan fingerprint density at radius 2 is 1.32 bits per heavy atom. The molecule has 0 spiro atoms. The number of amides is 3. The molecule has 3 amide bonds. The van der Waals surface area contributed by atoms with Gasteiger partial charge in [0.2, 0.25) is 11.8 Å². The van der Waals surface area contributed by atoms with Crippen molar-refractivity contribution >= 4 is 17.9 Å². The van der Waals surface area contributed by atoms with Gasteiger partial charge in [0.25, 0.3) is 0 Å². The maximum Gasteiger partial charge on any atom is 0.407 e. The number of rotatable bonds is 19. The van der Waals surface area contributed by atoms with E-state index in [4.69, 9.17) is 23.7 Å². The minimum atomic E-state index is -1.65. The summed E-state index contributed by atoms with van der Waals surface area (Å²) in [6.07, 6.45) is -15.7. The highest BCUT2D eigenvalue weighted by Gasteiger charge is 2.45. The molecule has 0 aromatic rings. The Kier molecular flexibility index (Phi) is 17.8. The summed E-state index contributed by atoms with van der Waals surface area (Å²) in [6.45, 7) is 4.28. The molecule has 57 heavy (non-hydrogen) atoms. The Hall–Kier alpha value is -3.57. The van der Waals surface area contributed by atoms with Crippen molar-refractivity contribution in [1.82, 2.24) is 16.0 Å². The molecule has 2 aliphatic carbocycles. The number of carbonyl (C=O) groups excluding carboxylic acids is 3. The first-order valence-corrected chi connectivity index (χ1v) is 19.0. The van der Waals surface area contributed by atoms with E-state index in [1.807, 2.05) is 31.2 Å². The van der Waals surface area contributed by atoms with E-state index in [9.17, 15) is 55.2 Å². The number of aliphatic hydroxyl groups is 8. The van der Waals surface area contributed by atoms with Crippen LogP contribution in [0.15, 0.2) is 30.3 Å². The summed E-state index contributed by atoms with van der Waals surface area (Å²) in [6, 6.07) is 9.02. The Morgan fingerprint density at radius 3 is 1.88 bits per heavy atom. The second-order valence-electron chi connectivity index (χ2n) is 14.4. The lowest BCUT2D eigenvalue weighted by molar-refractivity contribution is -0.300. The molecule has 2 fully saturated rings. The van der Waals surface area contributed by atoms with Crippen LogP contribution in [0.4, 0.5) is 4.79 Å². The van der Waals surface area contributed by atoms with Crippen LogP contribution in [-0.4, -0.2) is 172 Å². The van der Waals surface area contributed by atoms with Gasteiger partial charge in [0, 0.05) is 25.9 Å². The number of carbonyl (C=O) groups is 3. The van der Waals surface area contributed by atoms with Crippen LogP contribution in [0.3, 0.4) is 0 Å². The minimum Gasteiger partial charge on any atom is -0.449 e. The third kappa shape index (κ3) is 12.5. The zero-order chi connectivity index (χ0) is 41.8. The van der Waals surface area contributed by atoms with Crippen LogP contribution in [0.1, 0.15) is 49.3 Å². The van der Waals surface area contributed by atoms with E-state index in [1.54, 1.807) is 0 Å². The molecule has 2 aliphatic heterocycles. The Balaban J connectivity index is 1.30. The topological polar surface area (TPSA) is 295 Å². The molecular formula is C38H57N3O16. The van der Waals surface area contributed by atoms with Crippen molar-refractivity contribution in [2.45, 2.75) is 113 Å². The third-order valence-electron chi connectivity index (χ3n) is 9.98. The number of aliphatic hydroxyl groups excluding tert-OH is 8. The predicted octanol–water partition coefficient (Wildman–Crippen LogP) is -2.49. The molecule has 320 valence electrons. The van der Waals surface area contributed by atoms with Crippen LogP contribution in [0, 0.1) is 6.92 Å². The number of hydrogen-bond donors (Lipinski definition) is 11. The lowest BCUT2D eigenvalue weighted by Gasteiger charge is -2.39. The molecule has 0 radical (unpaired) electrons. The molecule has 0 bridgehead atoms. The molecule has 0 saturated carbocycles. The molecule has 2 heterocycles. The van der Waals surface area contributed by atoms with Crippen LogP contribution in [0.2, 0.25) is 0 Å². The lowest BCUT2D eigenvalue weighted by Crippen LogP contribution is -2.59. The summed E-state index contributed by atoms with van der Waals surface area (Å²) in [5.74, 6) is -0.925. The number of fused-ring (bicyclic) bond motifs is 1. The molecule has 4 rings (SSSR count). The van der Waals surface area contributed by atoms with Gasteiger partial charge in [0.15, 0.2) is 12.6 Å². The van der Waals surface area contributed by atoms with E-state index in [0.29, 0.717) is 12.3 Å². The molecule has 4 aliphatic rings. The monoisotopic (exact) mass is 811 g/mol. The third-order valence-corrected chi connectivity index (χ3v) is 9.98. The van der Waals surface area contributed by atoms with Gasteiger partial charge in [-0.2, -0.15) is 0 Å². The summed E-state index contributed by atoms with van der Waals surface area (Å²) in [5.41, 5.74) is 5.40. The van der Waals surface area contributed by atoms with Gasteiger partial charge in [-0.15, -0.1) is 0 Å². The van der Waals surface area contributed by atoms with Crippen molar-refractivity contribution in [3.63, 3.8) is 0 Å². The van der Waals surface area contributed by atoms with Gasteiger partial charge in [-0.05, 0) is 47.1 Å². The van der Waals surface area contributed by atoms with E-state index in [2.05, 4.69) is 35.9 Å². The van der Waals surface area contributed by atoms with Gasteiger partial charge < -0.3 is 80.5 Å². The highest BCUT2D eigenvalue weighted by Crippen LogP contribution is 2.33. The maximum atomic E-state index is 13.3. The van der Waals surface area contributed by atoms with Gasteiger partial charge in [0.1, 0.15) is 54.9 Å². The van der Waals surface area contributed by atoms with Crippen molar-refractivity contribution in [3.8, 4) is 11.1 Å². The fraction of sp³-hybridized carbons (Fsp3) is 0.658. The molecule has 0 unspecified atom stereocenters. The largest absolute Gasteiger partial charge is 0.449 e. The standard InChI is InChI=1S/C38H57N3O16/c1-19(2)22-6-5-21(23-7-4-20(3)24(23)16-22)10-13-55-38(52)41-25(35(51)40-12-15-54-37-34(50)32(48)30(46)27(18-43)57-37)8-9-28(44)39-11-14-53-36-33(49)31(47)29(45)26(17-42)56-36/h4-7,16,19,25-27,29-34,36-37,42-43,45-50H,8-15,17-18H2,1-3H3,(H,39,44)(H,40,51)(H,41,52)/t25-,26+,27+,29+,30+,31-,32-,33-,34-,36-,37-/m0/s1. The van der Waals surface area contributed by atoms with E-state index in [-0.39, 0.29) is 45.8 Å². The molecule has 0 aromatic heterocycles. The van der Waals surface area contributed by atoms with E-state index in [1.165, 1.54) is 0 Å². The first kappa shape index (κ1) is 46.1. The lowest BCUT2D eigenvalue weighted by atomic mass is 9.99. The molecular weight excluding hydrogens is 754 g/mol. The zero-order valence-corrected chi connectivity index (χ0v) is 32.2. The van der Waals surface area contributed by atoms with E-state index < -0.39 is 98.6 Å².